The lowest BCUT2D eigenvalue weighted by Crippen LogP contribution is -2.35. The molecule has 5 rings (SSSR count). The summed E-state index contributed by atoms with van der Waals surface area (Å²) in [5.41, 5.74) is 0.303. The van der Waals surface area contributed by atoms with Crippen molar-refractivity contribution in [2.24, 2.45) is 17.8 Å². The largest absolute Gasteiger partial charge is 0.477 e. The van der Waals surface area contributed by atoms with E-state index < -0.39 is 23.2 Å². The van der Waals surface area contributed by atoms with Crippen molar-refractivity contribution in [3.63, 3.8) is 0 Å². The highest BCUT2D eigenvalue weighted by Gasteiger charge is 2.39. The molecule has 1 aromatic carbocycles. The summed E-state index contributed by atoms with van der Waals surface area (Å²) in [6.07, 6.45) is 7.43. The third kappa shape index (κ3) is 3.38. The van der Waals surface area contributed by atoms with Crippen molar-refractivity contribution in [1.29, 1.82) is 0 Å². The van der Waals surface area contributed by atoms with Crippen LogP contribution in [0.5, 0.6) is 0 Å². The van der Waals surface area contributed by atoms with Crippen LogP contribution in [0.1, 0.15) is 35.8 Å². The molecule has 3 aromatic rings. The van der Waals surface area contributed by atoms with Gasteiger partial charge in [0.15, 0.2) is 0 Å². The van der Waals surface area contributed by atoms with Gasteiger partial charge < -0.3 is 14.7 Å². The predicted octanol–water partition coefficient (Wildman–Crippen LogP) is 3.11. The molecule has 2 aliphatic carbocycles. The average Bonchev–Trinajstić information content (AvgIpc) is 3.40. The number of carboxylic acid groups (broad SMARTS) is 1. The fourth-order valence-corrected chi connectivity index (χ4v) is 4.92. The number of pyridine rings is 1. The number of carboxylic acids is 1. The molecule has 1 unspecified atom stereocenters. The van der Waals surface area contributed by atoms with Crippen LogP contribution in [-0.2, 0) is 6.54 Å². The fourth-order valence-electron chi connectivity index (χ4n) is 4.92. The van der Waals surface area contributed by atoms with E-state index in [4.69, 9.17) is 0 Å². The first-order valence-electron chi connectivity index (χ1n) is 10.6. The van der Waals surface area contributed by atoms with Gasteiger partial charge in [-0.1, -0.05) is 25.1 Å². The number of halogens is 2. The van der Waals surface area contributed by atoms with Gasteiger partial charge in [0.1, 0.15) is 17.3 Å². The first-order chi connectivity index (χ1) is 15.3. The zero-order valence-corrected chi connectivity index (χ0v) is 17.4. The number of hydrogen-bond acceptors (Lipinski definition) is 2. The van der Waals surface area contributed by atoms with Crippen LogP contribution in [0.2, 0.25) is 0 Å². The van der Waals surface area contributed by atoms with E-state index in [-0.39, 0.29) is 29.3 Å². The number of rotatable bonds is 5. The molecule has 0 spiro atoms. The second kappa shape index (κ2) is 7.58. The number of carbonyl (C=O) groups is 1. The molecule has 1 fully saturated rings. The standard InChI is InChI=1S/C25H22F2N2O3/c1-13-9-18(13)14-5-7-21-19(10-14)22(17-3-2-8-28-24(17)30)23(25(31)32)29(21)12-15-4-6-16(26)11-20(15)27/h2-4,6-8,10-11,13-14,18H,5,9,12H2,1H3,(H,28,30)(H,31,32)/t13-,14?,18+/m1/s1. The van der Waals surface area contributed by atoms with E-state index >= 15 is 0 Å². The van der Waals surface area contributed by atoms with Crippen LogP contribution in [0.25, 0.3) is 23.3 Å². The van der Waals surface area contributed by atoms with Crippen LogP contribution in [0, 0.1) is 29.4 Å². The highest BCUT2D eigenvalue weighted by Crippen LogP contribution is 2.46. The van der Waals surface area contributed by atoms with E-state index in [2.05, 4.69) is 18.0 Å². The van der Waals surface area contributed by atoms with Gasteiger partial charge in [-0.3, -0.25) is 4.79 Å². The highest BCUT2D eigenvalue weighted by atomic mass is 19.1. The summed E-state index contributed by atoms with van der Waals surface area (Å²) in [5.74, 6) is -1.24. The zero-order valence-electron chi connectivity index (χ0n) is 17.4. The predicted molar refractivity (Wildman–Crippen MR) is 116 cm³/mol. The van der Waals surface area contributed by atoms with Gasteiger partial charge in [-0.15, -0.1) is 0 Å². The van der Waals surface area contributed by atoms with E-state index in [1.54, 1.807) is 12.1 Å². The number of benzene rings is 1. The molecule has 2 aromatic heterocycles. The van der Waals surface area contributed by atoms with Crippen LogP contribution in [0.15, 0.2) is 41.3 Å². The number of H-pyrrole nitrogens is 1. The van der Waals surface area contributed by atoms with Crippen LogP contribution >= 0.6 is 0 Å². The molecule has 164 valence electrons. The molecular formula is C25H22F2N2O3. The van der Waals surface area contributed by atoms with Crippen molar-refractivity contribution in [2.75, 3.05) is 0 Å². The number of aromatic amines is 1. The van der Waals surface area contributed by atoms with Gasteiger partial charge in [0, 0.05) is 39.5 Å². The maximum atomic E-state index is 14.4. The first-order valence-corrected chi connectivity index (χ1v) is 10.6. The number of fused-ring (bicyclic) bond motifs is 1. The van der Waals surface area contributed by atoms with Gasteiger partial charge in [0.25, 0.3) is 5.56 Å². The minimum atomic E-state index is -1.21. The van der Waals surface area contributed by atoms with Crippen LogP contribution < -0.4 is 16.1 Å². The number of hydrogen-bond donors (Lipinski definition) is 2. The molecule has 2 heterocycles. The lowest BCUT2D eigenvalue weighted by Gasteiger charge is -2.14. The third-order valence-electron chi connectivity index (χ3n) is 6.66. The maximum Gasteiger partial charge on any atom is 0.353 e. The van der Waals surface area contributed by atoms with Gasteiger partial charge in [-0.25, -0.2) is 13.6 Å². The Labute approximate surface area is 182 Å². The molecule has 0 bridgehead atoms. The quantitative estimate of drug-likeness (QED) is 0.646. The van der Waals surface area contributed by atoms with Crippen LogP contribution in [-0.4, -0.2) is 20.6 Å². The van der Waals surface area contributed by atoms with Crippen molar-refractivity contribution < 1.29 is 18.7 Å². The van der Waals surface area contributed by atoms with Crippen molar-refractivity contribution in [1.82, 2.24) is 9.55 Å². The fraction of sp³-hybridized carbons (Fsp3) is 0.280. The van der Waals surface area contributed by atoms with E-state index in [1.165, 1.54) is 16.8 Å². The lowest BCUT2D eigenvalue weighted by molar-refractivity contribution is 0.0686. The molecule has 0 radical (unpaired) electrons. The van der Waals surface area contributed by atoms with E-state index in [1.807, 2.05) is 6.08 Å². The number of aromatic nitrogens is 2. The second-order valence-corrected chi connectivity index (χ2v) is 8.71. The monoisotopic (exact) mass is 436 g/mol. The first kappa shape index (κ1) is 20.4. The number of nitrogens with one attached hydrogen (secondary N) is 1. The Kier molecular flexibility index (Phi) is 4.84. The topological polar surface area (TPSA) is 75.1 Å². The maximum absolute atomic E-state index is 14.4. The normalized spacial score (nSPS) is 21.4. The summed E-state index contributed by atoms with van der Waals surface area (Å²) in [6.45, 7) is 2.11. The smallest absolute Gasteiger partial charge is 0.353 e. The van der Waals surface area contributed by atoms with Crippen molar-refractivity contribution in [3.8, 4) is 11.1 Å². The molecule has 0 saturated heterocycles. The Morgan fingerprint density at radius 1 is 1.28 bits per heavy atom. The molecule has 3 atom stereocenters. The average molecular weight is 436 g/mol. The Balaban J connectivity index is 1.79. The summed E-state index contributed by atoms with van der Waals surface area (Å²) in [5, 5.41) is 11.5. The number of aromatic carboxylic acids is 1. The molecule has 2 aliphatic rings. The molecule has 0 amide bonds. The molecule has 2 N–H and O–H groups in total. The highest BCUT2D eigenvalue weighted by molar-refractivity contribution is 5.95. The SMILES string of the molecule is C[C@@H]1C[C@@H]1C1C=c2c(-c3ccc[nH]c3=O)c(C(=O)O)n(Cc3ccc(F)cc3F)c2=CC1. The Morgan fingerprint density at radius 3 is 2.72 bits per heavy atom. The Morgan fingerprint density at radius 2 is 2.06 bits per heavy atom. The number of nitrogens with zero attached hydrogens (tertiary/aromatic N) is 1. The molecule has 0 aliphatic heterocycles. The van der Waals surface area contributed by atoms with Gasteiger partial charge in [-0.05, 0) is 48.8 Å². The Hall–Kier alpha value is -3.48. The van der Waals surface area contributed by atoms with Gasteiger partial charge in [0.05, 0.1) is 6.54 Å². The summed E-state index contributed by atoms with van der Waals surface area (Å²) in [4.78, 5) is 27.7. The summed E-state index contributed by atoms with van der Waals surface area (Å²) >= 11 is 0. The van der Waals surface area contributed by atoms with Crippen LogP contribution in [0.4, 0.5) is 8.78 Å². The molecule has 1 saturated carbocycles. The summed E-state index contributed by atoms with van der Waals surface area (Å²) in [7, 11) is 0. The van der Waals surface area contributed by atoms with Gasteiger partial charge >= 0.3 is 5.97 Å². The van der Waals surface area contributed by atoms with Crippen molar-refractivity contribution in [2.45, 2.75) is 26.3 Å². The van der Waals surface area contributed by atoms with Gasteiger partial charge in [-0.2, -0.15) is 0 Å². The second-order valence-electron chi connectivity index (χ2n) is 8.71. The summed E-state index contributed by atoms with van der Waals surface area (Å²) < 4.78 is 29.4. The minimum absolute atomic E-state index is 0.0765. The van der Waals surface area contributed by atoms with E-state index in [0.717, 1.165) is 25.0 Å². The molecule has 5 nitrogen and oxygen atoms in total. The molecule has 32 heavy (non-hydrogen) atoms. The summed E-state index contributed by atoms with van der Waals surface area (Å²) in [6, 6.07) is 6.51. The molecular weight excluding hydrogens is 414 g/mol. The van der Waals surface area contributed by atoms with E-state index in [0.29, 0.717) is 28.0 Å². The third-order valence-corrected chi connectivity index (χ3v) is 6.66. The molecule has 7 heteroatoms. The van der Waals surface area contributed by atoms with Gasteiger partial charge in [0.2, 0.25) is 0 Å². The van der Waals surface area contributed by atoms with Crippen molar-refractivity contribution >= 4 is 18.1 Å². The zero-order chi connectivity index (χ0) is 22.6. The van der Waals surface area contributed by atoms with E-state index in [9.17, 15) is 23.5 Å². The lowest BCUT2D eigenvalue weighted by atomic mass is 9.92. The van der Waals surface area contributed by atoms with Crippen LogP contribution in [0.3, 0.4) is 0 Å². The minimum Gasteiger partial charge on any atom is -0.477 e. The Bertz CT molecular complexity index is 1420. The van der Waals surface area contributed by atoms with Crippen molar-refractivity contribution in [3.05, 3.63) is 80.3 Å².